The van der Waals surface area contributed by atoms with E-state index in [1.165, 1.54) is 0 Å². The molecule has 4 heteroatoms. The quantitative estimate of drug-likeness (QED) is 0.622. The summed E-state index contributed by atoms with van der Waals surface area (Å²) in [6.45, 7) is 0. The molecular formula is C7H6BrN3. The fourth-order valence-corrected chi connectivity index (χ4v) is 1.65. The summed E-state index contributed by atoms with van der Waals surface area (Å²) in [5.74, 6) is 0. The lowest BCUT2D eigenvalue weighted by Gasteiger charge is -2.14. The monoisotopic (exact) mass is 211 g/mol. The Morgan fingerprint density at radius 3 is 3.18 bits per heavy atom. The molecule has 0 aromatic heterocycles. The predicted molar refractivity (Wildman–Crippen MR) is 48.2 cm³/mol. The van der Waals surface area contributed by atoms with Crippen LogP contribution in [0.15, 0.2) is 27.3 Å². The number of fused-ring (bicyclic) bond motifs is 1. The van der Waals surface area contributed by atoms with E-state index in [1.807, 2.05) is 6.08 Å². The Morgan fingerprint density at radius 1 is 1.55 bits per heavy atom. The van der Waals surface area contributed by atoms with Crippen molar-refractivity contribution in [1.29, 1.82) is 5.41 Å². The number of hydrazone groups is 1. The molecule has 56 valence electrons. The van der Waals surface area contributed by atoms with Gasteiger partial charge in [0, 0.05) is 10.1 Å². The van der Waals surface area contributed by atoms with E-state index in [1.54, 1.807) is 12.3 Å². The van der Waals surface area contributed by atoms with E-state index in [0.29, 0.717) is 5.71 Å². The molecule has 3 nitrogen and oxygen atoms in total. The van der Waals surface area contributed by atoms with Crippen LogP contribution in [0.5, 0.6) is 0 Å². The van der Waals surface area contributed by atoms with Gasteiger partial charge in [0.2, 0.25) is 0 Å². The summed E-state index contributed by atoms with van der Waals surface area (Å²) in [6.07, 6.45) is 5.48. The van der Waals surface area contributed by atoms with Gasteiger partial charge in [0.05, 0.1) is 11.9 Å². The first-order valence-corrected chi connectivity index (χ1v) is 4.02. The van der Waals surface area contributed by atoms with E-state index in [0.717, 1.165) is 10.1 Å². The van der Waals surface area contributed by atoms with E-state index in [4.69, 9.17) is 5.41 Å². The topological polar surface area (TPSA) is 48.2 Å². The van der Waals surface area contributed by atoms with Gasteiger partial charge in [0.25, 0.3) is 0 Å². The summed E-state index contributed by atoms with van der Waals surface area (Å²) >= 11 is 3.32. The Labute approximate surface area is 72.5 Å². The highest BCUT2D eigenvalue weighted by atomic mass is 79.9. The Morgan fingerprint density at radius 2 is 2.36 bits per heavy atom. The van der Waals surface area contributed by atoms with E-state index in [-0.39, 0.29) is 6.04 Å². The SMILES string of the molecule is N=C1C=C(Br)C=C2C=NN[C@@H]12. The first-order chi connectivity index (χ1) is 5.27. The van der Waals surface area contributed by atoms with Crippen molar-refractivity contribution in [3.8, 4) is 0 Å². The Hall–Kier alpha value is -0.900. The Bertz CT molecular complexity index is 301. The average Bonchev–Trinajstić information content (AvgIpc) is 2.34. The molecule has 1 heterocycles. The normalized spacial score (nSPS) is 27.4. The Kier molecular flexibility index (Phi) is 1.42. The molecule has 0 spiro atoms. The average molecular weight is 212 g/mol. The predicted octanol–water partition coefficient (Wildman–Crippen LogP) is 1.18. The number of halogens is 1. The standard InChI is InChI=1S/C7H6BrN3/c8-5-1-4-3-10-11-7(4)6(9)2-5/h1-3,7,9,11H/t7-/m1/s1. The lowest BCUT2D eigenvalue weighted by Crippen LogP contribution is -2.31. The first kappa shape index (κ1) is 6.79. The smallest absolute Gasteiger partial charge is 0.112 e. The van der Waals surface area contributed by atoms with Crippen LogP contribution < -0.4 is 5.43 Å². The molecule has 1 aliphatic carbocycles. The van der Waals surface area contributed by atoms with Crippen LogP contribution in [0.3, 0.4) is 0 Å². The zero-order chi connectivity index (χ0) is 7.84. The van der Waals surface area contributed by atoms with Crippen molar-refractivity contribution in [2.45, 2.75) is 6.04 Å². The van der Waals surface area contributed by atoms with Crippen molar-refractivity contribution in [2.24, 2.45) is 5.10 Å². The molecule has 2 N–H and O–H groups in total. The number of rotatable bonds is 0. The fourth-order valence-electron chi connectivity index (χ4n) is 1.14. The van der Waals surface area contributed by atoms with Gasteiger partial charge in [0.15, 0.2) is 0 Å². The van der Waals surface area contributed by atoms with Crippen LogP contribution in [-0.4, -0.2) is 18.0 Å². The van der Waals surface area contributed by atoms with Crippen LogP contribution in [0, 0.1) is 5.41 Å². The second-order valence-corrected chi connectivity index (χ2v) is 3.36. The van der Waals surface area contributed by atoms with Gasteiger partial charge in [-0.3, -0.25) is 5.43 Å². The zero-order valence-corrected chi connectivity index (χ0v) is 7.22. The summed E-state index contributed by atoms with van der Waals surface area (Å²) in [5.41, 5.74) is 4.43. The van der Waals surface area contributed by atoms with Crippen molar-refractivity contribution < 1.29 is 0 Å². The molecule has 1 atom stereocenters. The second-order valence-electron chi connectivity index (χ2n) is 2.45. The minimum Gasteiger partial charge on any atom is -0.303 e. The van der Waals surface area contributed by atoms with Crippen LogP contribution in [-0.2, 0) is 0 Å². The molecule has 0 aromatic rings. The third-order valence-corrected chi connectivity index (χ3v) is 2.12. The number of nitrogens with zero attached hydrogens (tertiary/aromatic N) is 1. The van der Waals surface area contributed by atoms with Gasteiger partial charge >= 0.3 is 0 Å². The molecule has 0 amide bonds. The molecule has 0 fully saturated rings. The lowest BCUT2D eigenvalue weighted by atomic mass is 10.00. The molecule has 0 saturated heterocycles. The second kappa shape index (κ2) is 2.30. The van der Waals surface area contributed by atoms with Crippen LogP contribution in [0.25, 0.3) is 0 Å². The number of allylic oxidation sites excluding steroid dienone is 2. The third kappa shape index (κ3) is 1.03. The highest BCUT2D eigenvalue weighted by molar-refractivity contribution is 9.11. The molecule has 0 radical (unpaired) electrons. The molecule has 2 aliphatic rings. The fraction of sp³-hybridized carbons (Fsp3) is 0.143. The largest absolute Gasteiger partial charge is 0.303 e. The van der Waals surface area contributed by atoms with Crippen LogP contribution in [0.4, 0.5) is 0 Å². The highest BCUT2D eigenvalue weighted by Crippen LogP contribution is 2.20. The molecule has 1 aliphatic heterocycles. The molecule has 0 unspecified atom stereocenters. The van der Waals surface area contributed by atoms with E-state index in [2.05, 4.69) is 26.5 Å². The van der Waals surface area contributed by atoms with E-state index >= 15 is 0 Å². The molecule has 2 rings (SSSR count). The van der Waals surface area contributed by atoms with Crippen molar-refractivity contribution in [3.05, 3.63) is 22.2 Å². The maximum absolute atomic E-state index is 7.56. The van der Waals surface area contributed by atoms with Crippen LogP contribution in [0.2, 0.25) is 0 Å². The minimum absolute atomic E-state index is 0.0173. The van der Waals surface area contributed by atoms with Gasteiger partial charge in [-0.25, -0.2) is 0 Å². The van der Waals surface area contributed by atoms with Gasteiger partial charge < -0.3 is 5.41 Å². The van der Waals surface area contributed by atoms with Gasteiger partial charge in [-0.2, -0.15) is 5.10 Å². The summed E-state index contributed by atoms with van der Waals surface area (Å²) < 4.78 is 0.934. The van der Waals surface area contributed by atoms with Crippen molar-refractivity contribution in [2.75, 3.05) is 0 Å². The maximum Gasteiger partial charge on any atom is 0.112 e. The summed E-state index contributed by atoms with van der Waals surface area (Å²) in [4.78, 5) is 0. The summed E-state index contributed by atoms with van der Waals surface area (Å²) in [5, 5.41) is 11.4. The molecule has 0 saturated carbocycles. The minimum atomic E-state index is -0.0173. The maximum atomic E-state index is 7.56. The van der Waals surface area contributed by atoms with E-state index in [9.17, 15) is 0 Å². The zero-order valence-electron chi connectivity index (χ0n) is 5.63. The van der Waals surface area contributed by atoms with Gasteiger partial charge in [-0.1, -0.05) is 15.9 Å². The molecule has 0 bridgehead atoms. The van der Waals surface area contributed by atoms with Gasteiger partial charge in [-0.15, -0.1) is 0 Å². The Balaban J connectivity index is 2.42. The van der Waals surface area contributed by atoms with Gasteiger partial charge in [0.1, 0.15) is 6.04 Å². The summed E-state index contributed by atoms with van der Waals surface area (Å²) in [6, 6.07) is -0.0173. The number of nitrogens with one attached hydrogen (secondary N) is 2. The molecule has 0 aromatic carbocycles. The van der Waals surface area contributed by atoms with E-state index < -0.39 is 0 Å². The summed E-state index contributed by atoms with van der Waals surface area (Å²) in [7, 11) is 0. The van der Waals surface area contributed by atoms with Crippen molar-refractivity contribution >= 4 is 27.9 Å². The number of hydrogen-bond donors (Lipinski definition) is 2. The third-order valence-electron chi connectivity index (χ3n) is 1.66. The van der Waals surface area contributed by atoms with Crippen LogP contribution >= 0.6 is 15.9 Å². The van der Waals surface area contributed by atoms with Gasteiger partial charge in [-0.05, 0) is 12.2 Å². The molecule has 11 heavy (non-hydrogen) atoms. The number of hydrogen-bond acceptors (Lipinski definition) is 3. The first-order valence-electron chi connectivity index (χ1n) is 3.23. The molecular weight excluding hydrogens is 206 g/mol. The highest BCUT2D eigenvalue weighted by Gasteiger charge is 2.23. The van der Waals surface area contributed by atoms with Crippen molar-refractivity contribution in [1.82, 2.24) is 5.43 Å². The lowest BCUT2D eigenvalue weighted by molar-refractivity contribution is 0.771. The van der Waals surface area contributed by atoms with Crippen LogP contribution in [0.1, 0.15) is 0 Å². The van der Waals surface area contributed by atoms with Crippen molar-refractivity contribution in [3.63, 3.8) is 0 Å².